The Kier molecular flexibility index (Phi) is 7.42. The van der Waals surface area contributed by atoms with Gasteiger partial charge in [0.2, 0.25) is 0 Å². The normalized spacial score (nSPS) is 11.8. The Morgan fingerprint density at radius 3 is 2.22 bits per heavy atom. The van der Waals surface area contributed by atoms with Gasteiger partial charge in [-0.2, -0.15) is 0 Å². The van der Waals surface area contributed by atoms with Crippen molar-refractivity contribution in [2.75, 3.05) is 6.61 Å². The molecule has 0 amide bonds. The van der Waals surface area contributed by atoms with E-state index in [2.05, 4.69) is 12.1 Å². The van der Waals surface area contributed by atoms with Crippen molar-refractivity contribution in [1.29, 1.82) is 0 Å². The average molecular weight is 459 g/mol. The molecule has 2 rings (SSSR count). The number of rotatable bonds is 6. The number of allylic oxidation sites excluding steroid dienone is 1. The predicted molar refractivity (Wildman–Crippen MR) is 98.0 cm³/mol. The summed E-state index contributed by atoms with van der Waals surface area (Å²) in [5, 5.41) is 0.727. The van der Waals surface area contributed by atoms with Crippen molar-refractivity contribution in [1.82, 2.24) is 0 Å². The van der Waals surface area contributed by atoms with Gasteiger partial charge >= 0.3 is 155 Å². The summed E-state index contributed by atoms with van der Waals surface area (Å²) in [5.41, 5.74) is 0. The molecule has 0 saturated carbocycles. The number of ether oxygens (including phenoxy) is 1. The molecule has 0 bridgehead atoms. The van der Waals surface area contributed by atoms with Crippen LogP contribution in [0, 0.1) is 0 Å². The molecule has 0 aliphatic heterocycles. The minimum absolute atomic E-state index is 0.0498. The Bertz CT molecular complexity index is 682. The van der Waals surface area contributed by atoms with Crippen molar-refractivity contribution >= 4 is 56.4 Å². The van der Waals surface area contributed by atoms with Crippen molar-refractivity contribution in [3.05, 3.63) is 68.6 Å². The molecule has 0 fully saturated rings. The molecule has 23 heavy (non-hydrogen) atoms. The van der Waals surface area contributed by atoms with Gasteiger partial charge in [0.15, 0.2) is 0 Å². The van der Waals surface area contributed by atoms with E-state index in [0.29, 0.717) is 6.61 Å². The Balaban J connectivity index is 2.26. The van der Waals surface area contributed by atoms with Crippen LogP contribution in [0.1, 0.15) is 13.8 Å². The molecule has 5 heteroatoms. The average Bonchev–Trinajstić information content (AvgIpc) is 2.56. The standard InChI is InChI=1S/C18H17ClO2Se2/c1-3-21-18(20)17(23-15-7-5-4-6-8-15)13(2)22-16-11-9-14(19)10-12-16/h4-12H,3H2,1-2H3/b17-13+. The second-order valence-electron chi connectivity index (χ2n) is 4.58. The number of hydrogen-bond donors (Lipinski definition) is 0. The van der Waals surface area contributed by atoms with Crippen LogP contribution in [0.5, 0.6) is 0 Å². The Morgan fingerprint density at radius 1 is 1.00 bits per heavy atom. The van der Waals surface area contributed by atoms with Gasteiger partial charge in [0.05, 0.1) is 0 Å². The SMILES string of the molecule is CCOC(=O)/C([Se]c1ccccc1)=C(/C)[Se]c1ccc(Cl)cc1. The molecule has 2 aromatic rings. The van der Waals surface area contributed by atoms with Crippen molar-refractivity contribution in [3.8, 4) is 0 Å². The molecule has 2 aromatic carbocycles. The fourth-order valence-corrected chi connectivity index (χ4v) is 6.21. The van der Waals surface area contributed by atoms with Crippen molar-refractivity contribution in [2.24, 2.45) is 0 Å². The summed E-state index contributed by atoms with van der Waals surface area (Å²) in [7, 11) is 0. The van der Waals surface area contributed by atoms with Crippen LogP contribution < -0.4 is 8.92 Å². The molecule has 120 valence electrons. The maximum absolute atomic E-state index is 12.4. The molecule has 2 nitrogen and oxygen atoms in total. The molecule has 0 aromatic heterocycles. The fraction of sp³-hybridized carbons (Fsp3) is 0.167. The van der Waals surface area contributed by atoms with Crippen molar-refractivity contribution in [2.45, 2.75) is 13.8 Å². The van der Waals surface area contributed by atoms with Gasteiger partial charge in [-0.1, -0.05) is 0 Å². The number of hydrogen-bond acceptors (Lipinski definition) is 2. The van der Waals surface area contributed by atoms with Crippen LogP contribution in [0.2, 0.25) is 5.02 Å². The maximum atomic E-state index is 12.4. The Labute approximate surface area is 154 Å². The van der Waals surface area contributed by atoms with Gasteiger partial charge in [0.25, 0.3) is 0 Å². The monoisotopic (exact) mass is 460 g/mol. The zero-order valence-corrected chi connectivity index (χ0v) is 17.1. The number of benzene rings is 2. The van der Waals surface area contributed by atoms with E-state index in [1.165, 1.54) is 8.92 Å². The van der Waals surface area contributed by atoms with Gasteiger partial charge in [0, 0.05) is 0 Å². The van der Waals surface area contributed by atoms with E-state index < -0.39 is 0 Å². The third-order valence-electron chi connectivity index (χ3n) is 2.83. The first-order valence-electron chi connectivity index (χ1n) is 7.14. The number of halogens is 1. The summed E-state index contributed by atoms with van der Waals surface area (Å²) >= 11 is 5.97. The van der Waals surface area contributed by atoms with E-state index in [4.69, 9.17) is 16.3 Å². The van der Waals surface area contributed by atoms with Crippen LogP contribution >= 0.6 is 11.6 Å². The van der Waals surface area contributed by atoms with Crippen LogP contribution in [-0.2, 0) is 9.53 Å². The molecule has 0 atom stereocenters. The molecule has 0 saturated heterocycles. The summed E-state index contributed by atoms with van der Waals surface area (Å²) in [6, 6.07) is 17.9. The second-order valence-corrected chi connectivity index (χ2v) is 9.99. The predicted octanol–water partition coefficient (Wildman–Crippen LogP) is 2.49. The molecule has 0 aliphatic rings. The van der Waals surface area contributed by atoms with Crippen LogP contribution in [0.3, 0.4) is 0 Å². The first-order chi connectivity index (χ1) is 11.1. The van der Waals surface area contributed by atoms with Gasteiger partial charge < -0.3 is 0 Å². The van der Waals surface area contributed by atoms with Crippen LogP contribution in [0.15, 0.2) is 63.5 Å². The van der Waals surface area contributed by atoms with Gasteiger partial charge in [-0.3, -0.25) is 0 Å². The fourth-order valence-electron chi connectivity index (χ4n) is 1.79. The number of carbonyl (C=O) groups is 1. The van der Waals surface area contributed by atoms with E-state index >= 15 is 0 Å². The van der Waals surface area contributed by atoms with Crippen LogP contribution in [-0.4, -0.2) is 42.5 Å². The molecule has 0 spiro atoms. The molecule has 0 heterocycles. The molecule has 0 N–H and O–H groups in total. The van der Waals surface area contributed by atoms with Gasteiger partial charge in [-0.15, -0.1) is 0 Å². The molecule has 0 aliphatic carbocycles. The third kappa shape index (κ3) is 5.84. The van der Waals surface area contributed by atoms with E-state index in [1.54, 1.807) is 0 Å². The van der Waals surface area contributed by atoms with Gasteiger partial charge in [-0.25, -0.2) is 0 Å². The number of carbonyl (C=O) groups excluding carboxylic acids is 1. The van der Waals surface area contributed by atoms with Gasteiger partial charge in [-0.05, 0) is 0 Å². The van der Waals surface area contributed by atoms with E-state index in [-0.39, 0.29) is 35.9 Å². The Hall–Kier alpha value is -1.02. The summed E-state index contributed by atoms with van der Waals surface area (Å²) in [5.74, 6) is -0.190. The number of esters is 1. The quantitative estimate of drug-likeness (QED) is 0.378. The summed E-state index contributed by atoms with van der Waals surface area (Å²) in [6.45, 7) is 4.27. The molecule has 0 radical (unpaired) electrons. The first-order valence-corrected chi connectivity index (χ1v) is 10.9. The first kappa shape index (κ1) is 18.3. The molecule has 0 unspecified atom stereocenters. The summed E-state index contributed by atoms with van der Waals surface area (Å²) in [6.07, 6.45) is 0. The zero-order valence-electron chi connectivity index (χ0n) is 12.9. The minimum atomic E-state index is -0.190. The summed E-state index contributed by atoms with van der Waals surface area (Å²) in [4.78, 5) is 12.4. The van der Waals surface area contributed by atoms with Crippen molar-refractivity contribution < 1.29 is 9.53 Å². The van der Waals surface area contributed by atoms with E-state index in [0.717, 1.165) is 14.0 Å². The van der Waals surface area contributed by atoms with Crippen LogP contribution in [0.4, 0.5) is 0 Å². The van der Waals surface area contributed by atoms with E-state index in [9.17, 15) is 4.79 Å². The zero-order chi connectivity index (χ0) is 16.7. The second kappa shape index (κ2) is 9.32. The topological polar surface area (TPSA) is 26.3 Å². The summed E-state index contributed by atoms with van der Waals surface area (Å²) < 4.78 is 9.57. The Morgan fingerprint density at radius 2 is 1.61 bits per heavy atom. The molecular weight excluding hydrogens is 442 g/mol. The molecular formula is C18H17ClO2Se2. The third-order valence-corrected chi connectivity index (χ3v) is 8.36. The van der Waals surface area contributed by atoms with E-state index in [1.807, 2.05) is 56.3 Å². The van der Waals surface area contributed by atoms with Crippen molar-refractivity contribution in [3.63, 3.8) is 0 Å². The van der Waals surface area contributed by atoms with Gasteiger partial charge in [0.1, 0.15) is 0 Å². The van der Waals surface area contributed by atoms with Crippen LogP contribution in [0.25, 0.3) is 0 Å².